The number of rotatable bonds is 8. The van der Waals surface area contributed by atoms with E-state index in [4.69, 9.17) is 19.0 Å². The van der Waals surface area contributed by atoms with Crippen molar-refractivity contribution in [2.24, 2.45) is 0 Å². The molecule has 7 heteroatoms. The number of hydrogen-bond acceptors (Lipinski definition) is 5. The Hall–Kier alpha value is -2.96. The van der Waals surface area contributed by atoms with Gasteiger partial charge in [-0.2, -0.15) is 0 Å². The maximum atomic E-state index is 11.8. The zero-order chi connectivity index (χ0) is 16.7. The number of benzene rings is 1. The average molecular weight is 319 g/mol. The predicted octanol–water partition coefficient (Wildman–Crippen LogP) is 2.07. The molecule has 1 aromatic heterocycles. The highest BCUT2D eigenvalue weighted by Crippen LogP contribution is 2.26. The Morgan fingerprint density at radius 3 is 2.43 bits per heavy atom. The summed E-state index contributed by atoms with van der Waals surface area (Å²) in [5.74, 6) is -0.278. The summed E-state index contributed by atoms with van der Waals surface area (Å²) in [6.45, 7) is 2.26. The van der Waals surface area contributed by atoms with Gasteiger partial charge in [0, 0.05) is 0 Å². The first-order chi connectivity index (χ1) is 11.1. The highest BCUT2D eigenvalue weighted by molar-refractivity contribution is 5.84. The third kappa shape index (κ3) is 4.77. The van der Waals surface area contributed by atoms with Crippen LogP contribution >= 0.6 is 0 Å². The fourth-order valence-electron chi connectivity index (χ4n) is 1.81. The maximum Gasteiger partial charge on any atom is 0.371 e. The minimum atomic E-state index is -1.15. The molecule has 0 aliphatic heterocycles. The second-order valence-corrected chi connectivity index (χ2v) is 4.52. The van der Waals surface area contributed by atoms with E-state index in [0.29, 0.717) is 23.9 Å². The van der Waals surface area contributed by atoms with E-state index in [1.54, 1.807) is 18.2 Å². The molecule has 0 spiro atoms. The van der Waals surface area contributed by atoms with Crippen molar-refractivity contribution in [2.45, 2.75) is 13.5 Å². The van der Waals surface area contributed by atoms with Gasteiger partial charge < -0.3 is 24.3 Å². The van der Waals surface area contributed by atoms with Gasteiger partial charge in [0.05, 0.1) is 13.2 Å². The fraction of sp³-hybridized carbons (Fsp3) is 0.250. The quantitative estimate of drug-likeness (QED) is 0.773. The summed E-state index contributed by atoms with van der Waals surface area (Å²) in [6.07, 6.45) is 0. The number of carbonyl (C=O) groups is 2. The predicted molar refractivity (Wildman–Crippen MR) is 80.6 cm³/mol. The smallest absolute Gasteiger partial charge is 0.371 e. The van der Waals surface area contributed by atoms with Crippen molar-refractivity contribution in [2.75, 3.05) is 13.2 Å². The van der Waals surface area contributed by atoms with Crippen LogP contribution in [0.5, 0.6) is 11.5 Å². The summed E-state index contributed by atoms with van der Waals surface area (Å²) < 4.78 is 15.9. The summed E-state index contributed by atoms with van der Waals surface area (Å²) in [7, 11) is 0. The Bertz CT molecular complexity index is 679. The van der Waals surface area contributed by atoms with Crippen LogP contribution in [0, 0.1) is 0 Å². The number of ether oxygens (including phenoxy) is 2. The van der Waals surface area contributed by atoms with Crippen molar-refractivity contribution in [3.05, 3.63) is 47.9 Å². The summed E-state index contributed by atoms with van der Waals surface area (Å²) >= 11 is 0. The zero-order valence-corrected chi connectivity index (χ0v) is 12.6. The van der Waals surface area contributed by atoms with Crippen molar-refractivity contribution in [1.29, 1.82) is 0 Å². The van der Waals surface area contributed by atoms with Crippen LogP contribution < -0.4 is 14.8 Å². The molecule has 122 valence electrons. The van der Waals surface area contributed by atoms with Gasteiger partial charge >= 0.3 is 5.97 Å². The van der Waals surface area contributed by atoms with Crippen LogP contribution in [0.15, 0.2) is 40.8 Å². The minimum absolute atomic E-state index is 0.0859. The van der Waals surface area contributed by atoms with E-state index in [0.717, 1.165) is 0 Å². The lowest BCUT2D eigenvalue weighted by Gasteiger charge is -2.11. The number of hydrogen-bond donors (Lipinski definition) is 2. The molecular formula is C16H17NO6. The van der Waals surface area contributed by atoms with Gasteiger partial charge in [0.25, 0.3) is 5.91 Å². The first kappa shape index (κ1) is 16.4. The van der Waals surface area contributed by atoms with E-state index < -0.39 is 5.97 Å². The average Bonchev–Trinajstić information content (AvgIpc) is 3.01. The maximum absolute atomic E-state index is 11.8. The van der Waals surface area contributed by atoms with E-state index in [-0.39, 0.29) is 24.8 Å². The molecule has 2 rings (SSSR count). The summed E-state index contributed by atoms with van der Waals surface area (Å²) in [5.41, 5.74) is 0. The van der Waals surface area contributed by atoms with Crippen molar-refractivity contribution in [3.8, 4) is 11.5 Å². The third-order valence-electron chi connectivity index (χ3n) is 2.84. The molecule has 1 aromatic carbocycles. The Labute approximate surface area is 132 Å². The summed E-state index contributed by atoms with van der Waals surface area (Å²) in [5, 5.41) is 11.3. The van der Waals surface area contributed by atoms with Crippen molar-refractivity contribution < 1.29 is 28.6 Å². The number of carboxylic acids is 1. The monoisotopic (exact) mass is 319 g/mol. The molecule has 2 aromatic rings. The molecule has 0 fully saturated rings. The lowest BCUT2D eigenvalue weighted by Crippen LogP contribution is -2.28. The Balaban J connectivity index is 1.82. The lowest BCUT2D eigenvalue weighted by atomic mass is 10.3. The Kier molecular flexibility index (Phi) is 5.62. The van der Waals surface area contributed by atoms with Gasteiger partial charge in [0.15, 0.2) is 18.1 Å². The molecule has 0 aliphatic carbocycles. The third-order valence-corrected chi connectivity index (χ3v) is 2.84. The molecule has 23 heavy (non-hydrogen) atoms. The van der Waals surface area contributed by atoms with Gasteiger partial charge in [-0.15, -0.1) is 0 Å². The SMILES string of the molecule is CCOc1ccccc1OCC(=O)NCc1ccc(C(=O)O)o1. The number of carbonyl (C=O) groups excluding carboxylic acids is 1. The Morgan fingerprint density at radius 1 is 1.13 bits per heavy atom. The van der Waals surface area contributed by atoms with E-state index in [9.17, 15) is 9.59 Å². The number of aromatic carboxylic acids is 1. The molecular weight excluding hydrogens is 302 g/mol. The highest BCUT2D eigenvalue weighted by atomic mass is 16.5. The Morgan fingerprint density at radius 2 is 1.83 bits per heavy atom. The molecule has 2 N–H and O–H groups in total. The van der Waals surface area contributed by atoms with Gasteiger partial charge in [-0.1, -0.05) is 12.1 Å². The molecule has 0 atom stereocenters. The topological polar surface area (TPSA) is 98.0 Å². The van der Waals surface area contributed by atoms with Gasteiger partial charge in [0.2, 0.25) is 5.76 Å². The van der Waals surface area contributed by atoms with Gasteiger partial charge in [-0.3, -0.25) is 4.79 Å². The number of nitrogens with one attached hydrogen (secondary N) is 1. The van der Waals surface area contributed by atoms with Crippen molar-refractivity contribution >= 4 is 11.9 Å². The molecule has 1 amide bonds. The molecule has 1 heterocycles. The standard InChI is InChI=1S/C16H17NO6/c1-2-21-12-5-3-4-6-13(12)22-10-15(18)17-9-11-7-8-14(23-11)16(19)20/h3-8H,2,9-10H2,1H3,(H,17,18)(H,19,20). The minimum Gasteiger partial charge on any atom is -0.490 e. The fourth-order valence-corrected chi connectivity index (χ4v) is 1.81. The van der Waals surface area contributed by atoms with E-state index >= 15 is 0 Å². The van der Waals surface area contributed by atoms with Crippen LogP contribution in [-0.4, -0.2) is 30.2 Å². The first-order valence-corrected chi connectivity index (χ1v) is 7.03. The second kappa shape index (κ2) is 7.88. The molecule has 0 bridgehead atoms. The zero-order valence-electron chi connectivity index (χ0n) is 12.6. The van der Waals surface area contributed by atoms with Crippen LogP contribution in [0.1, 0.15) is 23.2 Å². The highest BCUT2D eigenvalue weighted by Gasteiger charge is 2.11. The normalized spacial score (nSPS) is 10.1. The molecule has 0 saturated heterocycles. The summed E-state index contributed by atoms with van der Waals surface area (Å²) in [6, 6.07) is 9.89. The van der Waals surface area contributed by atoms with E-state index in [1.165, 1.54) is 12.1 Å². The van der Waals surface area contributed by atoms with Crippen LogP contribution in [-0.2, 0) is 11.3 Å². The van der Waals surface area contributed by atoms with Gasteiger partial charge in [0.1, 0.15) is 5.76 Å². The molecule has 0 saturated carbocycles. The van der Waals surface area contributed by atoms with Crippen molar-refractivity contribution in [3.63, 3.8) is 0 Å². The number of furan rings is 1. The second-order valence-electron chi connectivity index (χ2n) is 4.52. The first-order valence-electron chi connectivity index (χ1n) is 7.03. The number of carboxylic acid groups (broad SMARTS) is 1. The number of para-hydroxylation sites is 2. The van der Waals surface area contributed by atoms with Crippen LogP contribution in [0.3, 0.4) is 0 Å². The molecule has 7 nitrogen and oxygen atoms in total. The molecule has 0 unspecified atom stereocenters. The van der Waals surface area contributed by atoms with Crippen molar-refractivity contribution in [1.82, 2.24) is 5.32 Å². The van der Waals surface area contributed by atoms with E-state index in [2.05, 4.69) is 5.32 Å². The lowest BCUT2D eigenvalue weighted by molar-refractivity contribution is -0.123. The summed E-state index contributed by atoms with van der Waals surface area (Å²) in [4.78, 5) is 22.4. The van der Waals surface area contributed by atoms with Crippen LogP contribution in [0.2, 0.25) is 0 Å². The van der Waals surface area contributed by atoms with Gasteiger partial charge in [-0.05, 0) is 31.2 Å². The number of amides is 1. The molecule has 0 aliphatic rings. The van der Waals surface area contributed by atoms with Crippen LogP contribution in [0.25, 0.3) is 0 Å². The molecule has 0 radical (unpaired) electrons. The van der Waals surface area contributed by atoms with E-state index in [1.807, 2.05) is 13.0 Å². The van der Waals surface area contributed by atoms with Gasteiger partial charge in [-0.25, -0.2) is 4.79 Å². The van der Waals surface area contributed by atoms with Crippen LogP contribution in [0.4, 0.5) is 0 Å². The largest absolute Gasteiger partial charge is 0.490 e.